The summed E-state index contributed by atoms with van der Waals surface area (Å²) in [5.41, 5.74) is 7.59. The number of hydrogen-bond acceptors (Lipinski definition) is 3. The smallest absolute Gasteiger partial charge is 0.241 e. The van der Waals surface area contributed by atoms with E-state index in [1.165, 1.54) is 0 Å². The molecule has 0 spiro atoms. The first-order valence-corrected chi connectivity index (χ1v) is 7.94. The molecule has 1 atom stereocenters. The highest BCUT2D eigenvalue weighted by atomic mass is 35.5. The largest absolute Gasteiger partial charge is 0.336 e. The lowest BCUT2D eigenvalue weighted by atomic mass is 10.1. The van der Waals surface area contributed by atoms with Gasteiger partial charge in [-0.05, 0) is 37.0 Å². The first-order valence-electron chi connectivity index (χ1n) is 7.94. The number of halogens is 1. The van der Waals surface area contributed by atoms with Gasteiger partial charge in [-0.1, -0.05) is 25.5 Å². The van der Waals surface area contributed by atoms with Crippen molar-refractivity contribution < 1.29 is 9.59 Å². The van der Waals surface area contributed by atoms with Gasteiger partial charge in [-0.25, -0.2) is 0 Å². The van der Waals surface area contributed by atoms with E-state index in [-0.39, 0.29) is 24.2 Å². The van der Waals surface area contributed by atoms with Crippen LogP contribution in [0.1, 0.15) is 45.1 Å². The summed E-state index contributed by atoms with van der Waals surface area (Å²) < 4.78 is 0. The maximum atomic E-state index is 11.9. The number of carbonyl (C=O) groups excluding carboxylic acids is 2. The first kappa shape index (κ1) is 19.5. The maximum Gasteiger partial charge on any atom is 0.241 e. The number of hydrogen-bond donors (Lipinski definition) is 2. The predicted molar refractivity (Wildman–Crippen MR) is 94.4 cm³/mol. The molecule has 1 unspecified atom stereocenters. The highest BCUT2D eigenvalue weighted by molar-refractivity contribution is 5.94. The van der Waals surface area contributed by atoms with Crippen molar-refractivity contribution in [2.24, 2.45) is 5.73 Å². The van der Waals surface area contributed by atoms with Gasteiger partial charge in [0.05, 0.1) is 6.04 Å². The van der Waals surface area contributed by atoms with Crippen LogP contribution in [0.5, 0.6) is 0 Å². The molecular weight excluding hydrogens is 314 g/mol. The van der Waals surface area contributed by atoms with Crippen molar-refractivity contribution in [3.63, 3.8) is 0 Å². The van der Waals surface area contributed by atoms with Crippen LogP contribution in [0.2, 0.25) is 0 Å². The van der Waals surface area contributed by atoms with Crippen LogP contribution in [0.15, 0.2) is 24.3 Å². The monoisotopic (exact) mass is 339 g/mol. The van der Waals surface area contributed by atoms with Gasteiger partial charge >= 0.3 is 0 Å². The molecule has 23 heavy (non-hydrogen) atoms. The summed E-state index contributed by atoms with van der Waals surface area (Å²) in [6.07, 6.45) is 3.76. The van der Waals surface area contributed by atoms with E-state index in [0.29, 0.717) is 19.0 Å². The van der Waals surface area contributed by atoms with Gasteiger partial charge in [0, 0.05) is 25.2 Å². The lowest BCUT2D eigenvalue weighted by molar-refractivity contribution is -0.130. The van der Waals surface area contributed by atoms with Crippen molar-refractivity contribution in [1.82, 2.24) is 4.90 Å². The third-order valence-corrected chi connectivity index (χ3v) is 3.90. The molecule has 5 nitrogen and oxygen atoms in total. The van der Waals surface area contributed by atoms with E-state index in [4.69, 9.17) is 5.73 Å². The molecule has 6 heteroatoms. The number of anilines is 1. The fraction of sp³-hybridized carbons (Fsp3) is 0.529. The number of nitrogens with two attached hydrogens (primary N) is 1. The van der Waals surface area contributed by atoms with Gasteiger partial charge in [0.25, 0.3) is 0 Å². The van der Waals surface area contributed by atoms with Gasteiger partial charge in [-0.15, -0.1) is 12.4 Å². The Morgan fingerprint density at radius 2 is 1.91 bits per heavy atom. The third-order valence-electron chi connectivity index (χ3n) is 3.90. The molecule has 3 N–H and O–H groups in total. The van der Waals surface area contributed by atoms with Gasteiger partial charge in [0.15, 0.2) is 0 Å². The molecule has 128 valence electrons. The quantitative estimate of drug-likeness (QED) is 0.802. The molecular formula is C17H26ClN3O2. The first-order chi connectivity index (χ1) is 10.5. The van der Waals surface area contributed by atoms with Crippen LogP contribution < -0.4 is 11.1 Å². The van der Waals surface area contributed by atoms with Crippen LogP contribution in [-0.4, -0.2) is 28.8 Å². The van der Waals surface area contributed by atoms with E-state index in [1.807, 2.05) is 36.1 Å². The summed E-state index contributed by atoms with van der Waals surface area (Å²) >= 11 is 0. The summed E-state index contributed by atoms with van der Waals surface area (Å²) in [7, 11) is 0. The topological polar surface area (TPSA) is 75.4 Å². The molecule has 1 saturated carbocycles. The number of benzene rings is 1. The van der Waals surface area contributed by atoms with Gasteiger partial charge in [0.1, 0.15) is 0 Å². The van der Waals surface area contributed by atoms with Gasteiger partial charge in [0.2, 0.25) is 11.8 Å². The summed E-state index contributed by atoms with van der Waals surface area (Å²) in [6, 6.07) is 7.55. The van der Waals surface area contributed by atoms with E-state index in [0.717, 1.165) is 30.5 Å². The highest BCUT2D eigenvalue weighted by Crippen LogP contribution is 2.28. The van der Waals surface area contributed by atoms with Crippen LogP contribution in [0.4, 0.5) is 5.69 Å². The van der Waals surface area contributed by atoms with E-state index < -0.39 is 6.04 Å². The Morgan fingerprint density at radius 1 is 1.30 bits per heavy atom. The Morgan fingerprint density at radius 3 is 2.39 bits per heavy atom. The van der Waals surface area contributed by atoms with Crippen molar-refractivity contribution in [2.45, 2.75) is 58.2 Å². The number of rotatable bonds is 7. The second kappa shape index (κ2) is 8.89. The standard InChI is InChI=1S/C17H25N3O2.ClH/c1-3-4-16(18)17(22)19-14-7-5-13(6-8-14)11-20(12(2)21)15-9-10-15;/h5-8,15-16H,3-4,9-11,18H2,1-2H3,(H,19,22);1H. The fourth-order valence-electron chi connectivity index (χ4n) is 2.45. The Kier molecular flexibility index (Phi) is 7.52. The second-order valence-corrected chi connectivity index (χ2v) is 5.96. The van der Waals surface area contributed by atoms with Gasteiger partial charge in [-0.3, -0.25) is 9.59 Å². The van der Waals surface area contributed by atoms with Gasteiger partial charge < -0.3 is 16.0 Å². The Bertz CT molecular complexity index is 529. The minimum absolute atomic E-state index is 0. The highest BCUT2D eigenvalue weighted by Gasteiger charge is 2.30. The molecule has 0 aliphatic heterocycles. The van der Waals surface area contributed by atoms with Crippen molar-refractivity contribution in [2.75, 3.05) is 5.32 Å². The maximum absolute atomic E-state index is 11.9. The molecule has 2 rings (SSSR count). The summed E-state index contributed by atoms with van der Waals surface area (Å²) in [5, 5.41) is 2.82. The summed E-state index contributed by atoms with van der Waals surface area (Å²) in [5.74, 6) is -0.0386. The fourth-order valence-corrected chi connectivity index (χ4v) is 2.45. The molecule has 0 radical (unpaired) electrons. The van der Waals surface area contributed by atoms with E-state index >= 15 is 0 Å². The minimum Gasteiger partial charge on any atom is -0.336 e. The van der Waals surface area contributed by atoms with Crippen LogP contribution >= 0.6 is 12.4 Å². The van der Waals surface area contributed by atoms with Crippen molar-refractivity contribution in [3.8, 4) is 0 Å². The Labute approximate surface area is 144 Å². The zero-order valence-corrected chi connectivity index (χ0v) is 14.6. The molecule has 1 aromatic rings. The molecule has 1 aliphatic rings. The minimum atomic E-state index is -0.465. The van der Waals surface area contributed by atoms with E-state index in [2.05, 4.69) is 5.32 Å². The molecule has 0 bridgehead atoms. The normalized spacial score (nSPS) is 14.6. The number of nitrogens with zero attached hydrogens (tertiary/aromatic N) is 1. The summed E-state index contributed by atoms with van der Waals surface area (Å²) in [4.78, 5) is 25.4. The van der Waals surface area contributed by atoms with Crippen molar-refractivity contribution in [1.29, 1.82) is 0 Å². The Balaban J connectivity index is 0.00000264. The zero-order valence-electron chi connectivity index (χ0n) is 13.7. The Hall–Kier alpha value is -1.59. The SMILES string of the molecule is CCCC(N)C(=O)Nc1ccc(CN(C(C)=O)C2CC2)cc1.Cl. The van der Waals surface area contributed by atoms with Crippen LogP contribution in [-0.2, 0) is 16.1 Å². The molecule has 0 heterocycles. The van der Waals surface area contributed by atoms with Crippen LogP contribution in [0, 0.1) is 0 Å². The summed E-state index contributed by atoms with van der Waals surface area (Å²) in [6.45, 7) is 4.24. The number of nitrogens with one attached hydrogen (secondary N) is 1. The van der Waals surface area contributed by atoms with E-state index in [1.54, 1.807) is 6.92 Å². The predicted octanol–water partition coefficient (Wildman–Crippen LogP) is 2.69. The molecule has 1 aliphatic carbocycles. The van der Waals surface area contributed by atoms with Crippen LogP contribution in [0.3, 0.4) is 0 Å². The van der Waals surface area contributed by atoms with E-state index in [9.17, 15) is 9.59 Å². The molecule has 0 saturated heterocycles. The molecule has 2 amide bonds. The van der Waals surface area contributed by atoms with Crippen molar-refractivity contribution >= 4 is 29.9 Å². The number of carbonyl (C=O) groups is 2. The average Bonchev–Trinajstić information content (AvgIpc) is 3.30. The van der Waals surface area contributed by atoms with Crippen molar-refractivity contribution in [3.05, 3.63) is 29.8 Å². The van der Waals surface area contributed by atoms with Crippen LogP contribution in [0.25, 0.3) is 0 Å². The lowest BCUT2D eigenvalue weighted by Crippen LogP contribution is -2.35. The molecule has 1 aromatic carbocycles. The lowest BCUT2D eigenvalue weighted by Gasteiger charge is -2.20. The zero-order chi connectivity index (χ0) is 16.1. The molecule has 0 aromatic heterocycles. The average molecular weight is 340 g/mol. The second-order valence-electron chi connectivity index (χ2n) is 5.96. The molecule has 1 fully saturated rings. The number of amides is 2. The third kappa shape index (κ3) is 5.84. The van der Waals surface area contributed by atoms with Gasteiger partial charge in [-0.2, -0.15) is 0 Å².